The van der Waals surface area contributed by atoms with Crippen molar-refractivity contribution >= 4 is 0 Å². The van der Waals surface area contributed by atoms with E-state index in [1.165, 1.54) is 0 Å². The first-order chi connectivity index (χ1) is 5.25. The van der Waals surface area contributed by atoms with E-state index >= 15 is 0 Å². The summed E-state index contributed by atoms with van der Waals surface area (Å²) in [5, 5.41) is 9.24. The van der Waals surface area contributed by atoms with Crippen molar-refractivity contribution in [2.45, 2.75) is 26.7 Å². The Morgan fingerprint density at radius 2 is 2.36 bits per heavy atom. The molecule has 2 unspecified atom stereocenters. The van der Waals surface area contributed by atoms with Gasteiger partial charge in [-0.25, -0.2) is 0 Å². The van der Waals surface area contributed by atoms with Gasteiger partial charge in [-0.05, 0) is 12.3 Å². The van der Waals surface area contributed by atoms with Gasteiger partial charge in [0, 0.05) is 12.0 Å². The van der Waals surface area contributed by atoms with E-state index in [-0.39, 0.29) is 12.0 Å². The first-order valence-electron chi connectivity index (χ1n) is 4.44. The predicted octanol–water partition coefficient (Wildman–Crippen LogP) is 1.43. The van der Waals surface area contributed by atoms with Crippen LogP contribution in [-0.4, -0.2) is 24.9 Å². The van der Waals surface area contributed by atoms with E-state index in [0.29, 0.717) is 5.92 Å². The lowest BCUT2D eigenvalue weighted by atomic mass is 9.75. The van der Waals surface area contributed by atoms with E-state index < -0.39 is 0 Å². The lowest BCUT2D eigenvalue weighted by Crippen LogP contribution is -2.32. The number of ether oxygens (including phenoxy) is 1. The van der Waals surface area contributed by atoms with E-state index in [1.54, 1.807) is 0 Å². The minimum atomic E-state index is 0.0781. The van der Waals surface area contributed by atoms with Gasteiger partial charge in [0.1, 0.15) is 0 Å². The average molecular weight is 158 g/mol. The minimum absolute atomic E-state index is 0.0781. The summed E-state index contributed by atoms with van der Waals surface area (Å²) in [6.45, 7) is 6.22. The first-order valence-corrected chi connectivity index (χ1v) is 4.44. The highest BCUT2D eigenvalue weighted by Crippen LogP contribution is 2.37. The standard InChI is InChI=1S/C9H18O2/c1-3-8(2)9(6-10)4-5-11-7-9/h8,10H,3-7H2,1-2H3. The lowest BCUT2D eigenvalue weighted by molar-refractivity contribution is 0.0487. The van der Waals surface area contributed by atoms with Crippen molar-refractivity contribution in [3.63, 3.8) is 0 Å². The van der Waals surface area contributed by atoms with Crippen LogP contribution < -0.4 is 0 Å². The first kappa shape index (κ1) is 9.01. The Kier molecular flexibility index (Phi) is 2.90. The number of hydrogen-bond acceptors (Lipinski definition) is 2. The Balaban J connectivity index is 2.58. The monoisotopic (exact) mass is 158 g/mol. The van der Waals surface area contributed by atoms with Gasteiger partial charge in [0.15, 0.2) is 0 Å². The third-order valence-corrected chi connectivity index (χ3v) is 3.11. The quantitative estimate of drug-likeness (QED) is 0.673. The zero-order chi connectivity index (χ0) is 8.32. The van der Waals surface area contributed by atoms with Gasteiger partial charge in [0.2, 0.25) is 0 Å². The van der Waals surface area contributed by atoms with Crippen molar-refractivity contribution in [2.75, 3.05) is 19.8 Å². The summed E-state index contributed by atoms with van der Waals surface area (Å²) in [5.41, 5.74) is 0.0781. The summed E-state index contributed by atoms with van der Waals surface area (Å²) in [4.78, 5) is 0. The van der Waals surface area contributed by atoms with Crippen molar-refractivity contribution < 1.29 is 9.84 Å². The van der Waals surface area contributed by atoms with Gasteiger partial charge in [-0.2, -0.15) is 0 Å². The van der Waals surface area contributed by atoms with Gasteiger partial charge in [-0.15, -0.1) is 0 Å². The van der Waals surface area contributed by atoms with E-state index in [4.69, 9.17) is 4.74 Å². The maximum Gasteiger partial charge on any atom is 0.0547 e. The van der Waals surface area contributed by atoms with Gasteiger partial charge in [0.05, 0.1) is 13.2 Å². The van der Waals surface area contributed by atoms with Gasteiger partial charge < -0.3 is 9.84 Å². The van der Waals surface area contributed by atoms with Crippen LogP contribution in [0, 0.1) is 11.3 Å². The van der Waals surface area contributed by atoms with E-state index in [9.17, 15) is 5.11 Å². The van der Waals surface area contributed by atoms with E-state index in [2.05, 4.69) is 13.8 Å². The Morgan fingerprint density at radius 3 is 2.73 bits per heavy atom. The molecule has 1 heterocycles. The molecule has 1 saturated heterocycles. The second kappa shape index (κ2) is 3.55. The number of rotatable bonds is 3. The molecule has 0 aromatic carbocycles. The smallest absolute Gasteiger partial charge is 0.0547 e. The molecule has 0 bridgehead atoms. The molecule has 0 aromatic rings. The van der Waals surface area contributed by atoms with Crippen molar-refractivity contribution in [3.05, 3.63) is 0 Å². The van der Waals surface area contributed by atoms with Crippen LogP contribution >= 0.6 is 0 Å². The third kappa shape index (κ3) is 1.57. The van der Waals surface area contributed by atoms with Crippen LogP contribution in [0.4, 0.5) is 0 Å². The fourth-order valence-corrected chi connectivity index (χ4v) is 1.73. The van der Waals surface area contributed by atoms with Gasteiger partial charge >= 0.3 is 0 Å². The van der Waals surface area contributed by atoms with E-state index in [0.717, 1.165) is 26.1 Å². The lowest BCUT2D eigenvalue weighted by Gasteiger charge is -2.31. The molecular formula is C9H18O2. The molecule has 66 valence electrons. The Bertz CT molecular complexity index is 117. The molecule has 2 atom stereocenters. The van der Waals surface area contributed by atoms with Crippen LogP contribution in [0.5, 0.6) is 0 Å². The normalized spacial score (nSPS) is 34.1. The molecule has 1 aliphatic heterocycles. The van der Waals surface area contributed by atoms with Crippen LogP contribution in [0.2, 0.25) is 0 Å². The minimum Gasteiger partial charge on any atom is -0.396 e. The van der Waals surface area contributed by atoms with Crippen molar-refractivity contribution in [1.82, 2.24) is 0 Å². The molecule has 0 aromatic heterocycles. The largest absolute Gasteiger partial charge is 0.396 e. The second-order valence-corrected chi connectivity index (χ2v) is 3.63. The molecule has 1 fully saturated rings. The Hall–Kier alpha value is -0.0800. The summed E-state index contributed by atoms with van der Waals surface area (Å²) >= 11 is 0. The molecular weight excluding hydrogens is 140 g/mol. The molecule has 0 spiro atoms. The molecule has 0 aliphatic carbocycles. The predicted molar refractivity (Wildman–Crippen MR) is 44.4 cm³/mol. The van der Waals surface area contributed by atoms with Crippen molar-refractivity contribution in [1.29, 1.82) is 0 Å². The summed E-state index contributed by atoms with van der Waals surface area (Å²) in [6.07, 6.45) is 2.16. The summed E-state index contributed by atoms with van der Waals surface area (Å²) in [5.74, 6) is 0.579. The fraction of sp³-hybridized carbons (Fsp3) is 1.00. The molecule has 1 rings (SSSR count). The molecule has 0 amide bonds. The van der Waals surface area contributed by atoms with Crippen LogP contribution in [0.3, 0.4) is 0 Å². The number of hydrogen-bond donors (Lipinski definition) is 1. The molecule has 11 heavy (non-hydrogen) atoms. The topological polar surface area (TPSA) is 29.5 Å². The summed E-state index contributed by atoms with van der Waals surface area (Å²) in [6, 6.07) is 0. The maximum atomic E-state index is 9.24. The number of aliphatic hydroxyl groups excluding tert-OH is 1. The van der Waals surface area contributed by atoms with Crippen LogP contribution in [0.1, 0.15) is 26.7 Å². The summed E-state index contributed by atoms with van der Waals surface area (Å²) < 4.78 is 5.31. The fourth-order valence-electron chi connectivity index (χ4n) is 1.73. The van der Waals surface area contributed by atoms with Crippen LogP contribution in [0.25, 0.3) is 0 Å². The zero-order valence-electron chi connectivity index (χ0n) is 7.47. The van der Waals surface area contributed by atoms with Crippen LogP contribution in [0.15, 0.2) is 0 Å². The molecule has 2 heteroatoms. The Labute approximate surface area is 68.6 Å². The SMILES string of the molecule is CCC(C)C1(CO)CCOC1. The zero-order valence-corrected chi connectivity index (χ0v) is 7.47. The van der Waals surface area contributed by atoms with Gasteiger partial charge in [-0.3, -0.25) is 0 Å². The third-order valence-electron chi connectivity index (χ3n) is 3.11. The number of aliphatic hydroxyl groups is 1. The molecule has 0 saturated carbocycles. The average Bonchev–Trinajstić information content (AvgIpc) is 2.52. The molecule has 0 radical (unpaired) electrons. The van der Waals surface area contributed by atoms with Crippen molar-refractivity contribution in [2.24, 2.45) is 11.3 Å². The Morgan fingerprint density at radius 1 is 1.64 bits per heavy atom. The maximum absolute atomic E-state index is 9.24. The highest BCUT2D eigenvalue weighted by molar-refractivity contribution is 4.86. The van der Waals surface area contributed by atoms with Gasteiger partial charge in [-0.1, -0.05) is 20.3 Å². The second-order valence-electron chi connectivity index (χ2n) is 3.63. The molecule has 1 aliphatic rings. The summed E-state index contributed by atoms with van der Waals surface area (Å²) in [7, 11) is 0. The van der Waals surface area contributed by atoms with E-state index in [1.807, 2.05) is 0 Å². The van der Waals surface area contributed by atoms with Crippen molar-refractivity contribution in [3.8, 4) is 0 Å². The highest BCUT2D eigenvalue weighted by atomic mass is 16.5. The van der Waals surface area contributed by atoms with Crippen LogP contribution in [-0.2, 0) is 4.74 Å². The highest BCUT2D eigenvalue weighted by Gasteiger charge is 2.38. The molecule has 1 N–H and O–H groups in total. The van der Waals surface area contributed by atoms with Gasteiger partial charge in [0.25, 0.3) is 0 Å². The molecule has 2 nitrogen and oxygen atoms in total.